The molecular formula is C53H41B9N4S. The molecule has 12 rings (SSSR count). The van der Waals surface area contributed by atoms with Crippen molar-refractivity contribution < 1.29 is 0 Å². The molecule has 0 N–H and O–H groups in total. The van der Waals surface area contributed by atoms with Gasteiger partial charge in [-0.2, -0.15) is 9.97 Å². The minimum atomic E-state index is 0.601. The number of benzene rings is 9. The van der Waals surface area contributed by atoms with Crippen LogP contribution in [0.4, 0.5) is 0 Å². The Balaban J connectivity index is 1.11. The topological polar surface area (TPSA) is 43.6 Å². The summed E-state index contributed by atoms with van der Waals surface area (Å²) in [5.41, 5.74) is 20.7. The maximum atomic E-state index is 5.60. The number of hydrogen-bond acceptors (Lipinski definition) is 4. The van der Waals surface area contributed by atoms with Gasteiger partial charge < -0.3 is 0 Å². The number of fused-ring (bicyclic) bond motifs is 9. The van der Waals surface area contributed by atoms with E-state index in [-0.39, 0.29) is 0 Å². The lowest BCUT2D eigenvalue weighted by atomic mass is 9.61. The molecule has 0 radical (unpaired) electrons. The van der Waals surface area contributed by atoms with Crippen LogP contribution in [-0.4, -0.2) is 90.1 Å². The number of rotatable bonds is 5. The Labute approximate surface area is 402 Å². The number of thiophene rings is 1. The first-order valence-electron chi connectivity index (χ1n) is 23.3. The second kappa shape index (κ2) is 15.6. The summed E-state index contributed by atoms with van der Waals surface area (Å²) in [6.07, 6.45) is 0. The SMILES string of the molecule is Bc1c(B)c(-c2nc(-c3cccc(-c4ccc(-c5ccc6ccccc6c5)cc4)c3)nc(-n3c4ccccc4c4ccccc43)n2)c2c(sc3c4c(B)c(B)c(B)c(B)c4c(B)c(B)c32)c1B. The lowest BCUT2D eigenvalue weighted by Crippen LogP contribution is -2.50. The van der Waals surface area contributed by atoms with Gasteiger partial charge in [0, 0.05) is 36.7 Å². The first-order valence-corrected chi connectivity index (χ1v) is 24.1. The first-order chi connectivity index (χ1) is 32.5. The van der Waals surface area contributed by atoms with E-state index in [0.29, 0.717) is 17.6 Å². The monoisotopic (exact) mass is 864 g/mol. The van der Waals surface area contributed by atoms with E-state index in [0.717, 1.165) is 33.3 Å². The van der Waals surface area contributed by atoms with Gasteiger partial charge in [0.2, 0.25) is 5.95 Å². The molecule has 0 amide bonds. The van der Waals surface area contributed by atoms with Gasteiger partial charge in [0.05, 0.1) is 11.0 Å². The fourth-order valence-electron chi connectivity index (χ4n) is 10.9. The quantitative estimate of drug-likeness (QED) is 0.201. The van der Waals surface area contributed by atoms with Crippen LogP contribution in [0.15, 0.2) is 140 Å². The molecule has 0 aliphatic rings. The van der Waals surface area contributed by atoms with Gasteiger partial charge >= 0.3 is 0 Å². The van der Waals surface area contributed by atoms with Gasteiger partial charge in [-0.3, -0.25) is 4.57 Å². The summed E-state index contributed by atoms with van der Waals surface area (Å²) in [5.74, 6) is 1.92. The predicted octanol–water partition coefficient (Wildman–Crippen LogP) is -1.36. The standard InChI is InChI=1S/C53H41B9N4S/c54-40-36-38(43(57)46(60)45(59)41(36)55)49-37(42(40)56)35-39(44(58)47(61)48(62)50(35)67-49)52-63-51(64-53(65-52)66-33-14-5-3-12-31(33)32-13-4-6-15-34(32)66)30-11-7-10-28(23-30)25-16-18-26(19-17-25)29-21-20-24-8-1-2-9-27(24)22-29/h1-23H,54-62H2. The van der Waals surface area contributed by atoms with Crippen molar-refractivity contribution in [1.82, 2.24) is 19.5 Å². The van der Waals surface area contributed by atoms with Gasteiger partial charge in [-0.1, -0.05) is 154 Å². The van der Waals surface area contributed by atoms with E-state index in [2.05, 4.69) is 215 Å². The second-order valence-electron chi connectivity index (χ2n) is 18.6. The van der Waals surface area contributed by atoms with E-state index in [9.17, 15) is 0 Å². The summed E-state index contributed by atoms with van der Waals surface area (Å²) in [6, 6.07) is 50.0. The van der Waals surface area contributed by atoms with Gasteiger partial charge in [0.25, 0.3) is 0 Å². The van der Waals surface area contributed by atoms with E-state index < -0.39 is 0 Å². The third-order valence-electron chi connectivity index (χ3n) is 15.3. The van der Waals surface area contributed by atoms with Crippen molar-refractivity contribution in [2.75, 3.05) is 0 Å². The Hall–Kier alpha value is -6.89. The summed E-state index contributed by atoms with van der Waals surface area (Å²) in [4.78, 5) is 16.6. The van der Waals surface area contributed by atoms with Crippen LogP contribution < -0.4 is 49.2 Å². The van der Waals surface area contributed by atoms with Crippen LogP contribution in [0.1, 0.15) is 0 Å². The summed E-state index contributed by atoms with van der Waals surface area (Å²) >= 11 is 1.94. The molecule has 4 nitrogen and oxygen atoms in total. The molecule has 0 saturated carbocycles. The van der Waals surface area contributed by atoms with E-state index in [4.69, 9.17) is 15.0 Å². The van der Waals surface area contributed by atoms with E-state index >= 15 is 0 Å². The maximum absolute atomic E-state index is 5.60. The van der Waals surface area contributed by atoms with Crippen LogP contribution in [-0.2, 0) is 0 Å². The van der Waals surface area contributed by atoms with Gasteiger partial charge in [-0.05, 0) is 73.5 Å². The highest BCUT2D eigenvalue weighted by atomic mass is 32.1. The molecule has 67 heavy (non-hydrogen) atoms. The zero-order chi connectivity index (χ0) is 46.0. The van der Waals surface area contributed by atoms with Gasteiger partial charge in [0.15, 0.2) is 11.6 Å². The molecule has 3 heterocycles. The van der Waals surface area contributed by atoms with Crippen molar-refractivity contribution in [3.63, 3.8) is 0 Å². The van der Waals surface area contributed by atoms with Crippen molar-refractivity contribution in [3.8, 4) is 51.0 Å². The average Bonchev–Trinajstić information content (AvgIpc) is 3.92. The van der Waals surface area contributed by atoms with Crippen LogP contribution in [0.25, 0.3) is 115 Å². The highest BCUT2D eigenvalue weighted by Crippen LogP contribution is 2.40. The summed E-state index contributed by atoms with van der Waals surface area (Å²) in [6.45, 7) is 0. The molecule has 0 fully saturated rings. The van der Waals surface area contributed by atoms with Gasteiger partial charge in [-0.25, -0.2) is 4.98 Å². The summed E-state index contributed by atoms with van der Waals surface area (Å²) < 4.78 is 4.88. The highest BCUT2D eigenvalue weighted by molar-refractivity contribution is 7.28. The fourth-order valence-corrected chi connectivity index (χ4v) is 12.5. The molecule has 3 aromatic heterocycles. The van der Waals surface area contributed by atoms with Crippen molar-refractivity contribution in [2.24, 2.45) is 0 Å². The molecule has 0 unspecified atom stereocenters. The molecule has 0 atom stereocenters. The van der Waals surface area contributed by atoms with E-state index in [1.807, 2.05) is 11.3 Å². The van der Waals surface area contributed by atoms with Crippen LogP contribution in [0, 0.1) is 0 Å². The molecular weight excluding hydrogens is 822 g/mol. The molecule has 12 aromatic rings. The van der Waals surface area contributed by atoms with Crippen LogP contribution in [0.5, 0.6) is 0 Å². The number of aromatic nitrogens is 4. The molecule has 306 valence electrons. The van der Waals surface area contributed by atoms with Crippen molar-refractivity contribution in [2.45, 2.75) is 0 Å². The second-order valence-corrected chi connectivity index (χ2v) is 19.7. The summed E-state index contributed by atoms with van der Waals surface area (Å²) in [7, 11) is 20.7. The number of nitrogens with zero attached hydrogens (tertiary/aromatic N) is 4. The predicted molar refractivity (Wildman–Crippen MR) is 317 cm³/mol. The fraction of sp³-hybridized carbons (Fsp3) is 0. The van der Waals surface area contributed by atoms with E-state index in [1.165, 1.54) is 113 Å². The third kappa shape index (κ3) is 6.29. The molecule has 9 aromatic carbocycles. The van der Waals surface area contributed by atoms with Crippen LogP contribution in [0.3, 0.4) is 0 Å². The van der Waals surface area contributed by atoms with Crippen molar-refractivity contribution in [1.29, 1.82) is 0 Å². The lowest BCUT2D eigenvalue weighted by Gasteiger charge is -2.21. The summed E-state index contributed by atoms with van der Waals surface area (Å²) in [5, 5.41) is 10.1. The Morgan fingerprint density at radius 3 is 1.54 bits per heavy atom. The average molecular weight is 863 g/mol. The lowest BCUT2D eigenvalue weighted by molar-refractivity contribution is 0.955. The van der Waals surface area contributed by atoms with Crippen molar-refractivity contribution in [3.05, 3.63) is 140 Å². The highest BCUT2D eigenvalue weighted by Gasteiger charge is 2.26. The van der Waals surface area contributed by atoms with Crippen LogP contribution in [0.2, 0.25) is 0 Å². The molecule has 0 aliphatic heterocycles. The Kier molecular flexibility index (Phi) is 9.67. The smallest absolute Gasteiger partial charge is 0.238 e. The van der Waals surface area contributed by atoms with Crippen molar-refractivity contribution >= 4 is 195 Å². The minimum absolute atomic E-state index is 0.601. The normalized spacial score (nSPS) is 11.8. The molecule has 0 saturated heterocycles. The maximum Gasteiger partial charge on any atom is 0.238 e. The van der Waals surface area contributed by atoms with Gasteiger partial charge in [0.1, 0.15) is 70.6 Å². The molecule has 0 bridgehead atoms. The Morgan fingerprint density at radius 2 is 0.851 bits per heavy atom. The Morgan fingerprint density at radius 1 is 0.343 bits per heavy atom. The third-order valence-corrected chi connectivity index (χ3v) is 16.6. The Bertz CT molecular complexity index is 4060. The van der Waals surface area contributed by atoms with Gasteiger partial charge in [-0.15, -0.1) is 22.3 Å². The number of para-hydroxylation sites is 2. The zero-order valence-corrected chi connectivity index (χ0v) is 40.3. The number of hydrogen-bond donors (Lipinski definition) is 0. The van der Waals surface area contributed by atoms with Crippen LogP contribution >= 0.6 is 11.3 Å². The van der Waals surface area contributed by atoms with E-state index in [1.54, 1.807) is 0 Å². The minimum Gasteiger partial charge on any atom is -0.278 e. The zero-order valence-electron chi connectivity index (χ0n) is 39.5. The molecule has 14 heteroatoms. The largest absolute Gasteiger partial charge is 0.278 e. The first kappa shape index (κ1) is 41.5. The molecule has 0 spiro atoms. The molecule has 0 aliphatic carbocycles.